The van der Waals surface area contributed by atoms with E-state index in [9.17, 15) is 4.79 Å². The number of imidazole rings is 1. The second-order valence-electron chi connectivity index (χ2n) is 7.14. The zero-order valence-corrected chi connectivity index (χ0v) is 17.7. The molecule has 1 amide bonds. The number of benzene rings is 2. The fraction of sp³-hybridized carbons (Fsp3) is 0.167. The summed E-state index contributed by atoms with van der Waals surface area (Å²) in [6, 6.07) is 15.0. The summed E-state index contributed by atoms with van der Waals surface area (Å²) in [5.41, 5.74) is 3.34. The lowest BCUT2D eigenvalue weighted by Crippen LogP contribution is -2.25. The summed E-state index contributed by atoms with van der Waals surface area (Å²) < 4.78 is 7.17. The molecule has 0 saturated heterocycles. The van der Waals surface area contributed by atoms with Crippen LogP contribution in [0.3, 0.4) is 0 Å². The maximum atomic E-state index is 12.3. The summed E-state index contributed by atoms with van der Waals surface area (Å²) in [5, 5.41) is 6.09. The molecule has 2 aromatic heterocycles. The van der Waals surface area contributed by atoms with Crippen molar-refractivity contribution >= 4 is 17.5 Å². The number of methoxy groups -OCH3 is 1. The van der Waals surface area contributed by atoms with Crippen molar-refractivity contribution < 1.29 is 9.53 Å². The van der Waals surface area contributed by atoms with E-state index < -0.39 is 0 Å². The lowest BCUT2D eigenvalue weighted by atomic mass is 10.1. The van der Waals surface area contributed by atoms with Crippen LogP contribution in [0.5, 0.6) is 5.75 Å². The Balaban J connectivity index is 1.28. The number of hydrogen-bond acceptors (Lipinski definition) is 6. The van der Waals surface area contributed by atoms with Gasteiger partial charge in [0.1, 0.15) is 5.75 Å². The van der Waals surface area contributed by atoms with Gasteiger partial charge in [-0.3, -0.25) is 4.79 Å². The quantitative estimate of drug-likeness (QED) is 0.393. The van der Waals surface area contributed by atoms with Gasteiger partial charge in [-0.05, 0) is 48.4 Å². The van der Waals surface area contributed by atoms with Crippen LogP contribution >= 0.6 is 0 Å². The van der Waals surface area contributed by atoms with Crippen molar-refractivity contribution in [2.24, 2.45) is 0 Å². The fourth-order valence-corrected chi connectivity index (χ4v) is 3.14. The predicted octanol–water partition coefficient (Wildman–Crippen LogP) is 3.91. The third-order valence-electron chi connectivity index (χ3n) is 4.92. The summed E-state index contributed by atoms with van der Waals surface area (Å²) in [6.07, 6.45) is 9.79. The smallest absolute Gasteiger partial charge is 0.251 e. The normalized spacial score (nSPS) is 10.5. The van der Waals surface area contributed by atoms with E-state index in [-0.39, 0.29) is 5.91 Å². The fourth-order valence-electron chi connectivity index (χ4n) is 3.14. The van der Waals surface area contributed by atoms with Crippen LogP contribution in [0.25, 0.3) is 11.1 Å². The number of anilines is 2. The largest absolute Gasteiger partial charge is 0.497 e. The molecule has 0 aliphatic heterocycles. The standard InChI is InChI=1S/C24H24N6O2/c1-32-22-9-5-18(6-10-22)20-15-27-24(28-16-20)29-21-7-3-19(4-8-21)23(31)26-11-2-13-30-14-12-25-17-30/h3-10,12,14-17H,2,11,13H2,1H3,(H,26,31)(H,27,28,29). The van der Waals surface area contributed by atoms with Gasteiger partial charge in [0.2, 0.25) is 5.95 Å². The topological polar surface area (TPSA) is 94.0 Å². The summed E-state index contributed by atoms with van der Waals surface area (Å²) in [7, 11) is 1.64. The number of carbonyl (C=O) groups excluding carboxylic acids is 1. The molecule has 2 N–H and O–H groups in total. The molecule has 0 bridgehead atoms. The average molecular weight is 428 g/mol. The predicted molar refractivity (Wildman–Crippen MR) is 123 cm³/mol. The first-order valence-corrected chi connectivity index (χ1v) is 10.3. The number of aryl methyl sites for hydroxylation is 1. The lowest BCUT2D eigenvalue weighted by molar-refractivity contribution is 0.0952. The Morgan fingerprint density at radius 3 is 2.41 bits per heavy atom. The molecule has 0 aliphatic rings. The van der Waals surface area contributed by atoms with E-state index in [1.165, 1.54) is 0 Å². The van der Waals surface area contributed by atoms with Gasteiger partial charge < -0.3 is 19.9 Å². The zero-order valence-electron chi connectivity index (χ0n) is 17.7. The number of aromatic nitrogens is 4. The van der Waals surface area contributed by atoms with Crippen molar-refractivity contribution in [3.05, 3.63) is 85.2 Å². The van der Waals surface area contributed by atoms with Crippen molar-refractivity contribution in [1.29, 1.82) is 0 Å². The van der Waals surface area contributed by atoms with E-state index in [0.717, 1.165) is 35.5 Å². The first-order chi connectivity index (χ1) is 15.7. The van der Waals surface area contributed by atoms with Crippen molar-refractivity contribution in [3.8, 4) is 16.9 Å². The first-order valence-electron chi connectivity index (χ1n) is 10.3. The molecule has 32 heavy (non-hydrogen) atoms. The van der Waals surface area contributed by atoms with Crippen molar-refractivity contribution in [2.75, 3.05) is 19.0 Å². The molecular formula is C24H24N6O2. The van der Waals surface area contributed by atoms with Gasteiger partial charge in [0.15, 0.2) is 0 Å². The number of amides is 1. The molecule has 0 radical (unpaired) electrons. The number of rotatable bonds is 9. The van der Waals surface area contributed by atoms with Gasteiger partial charge in [-0.15, -0.1) is 0 Å². The molecule has 2 aromatic carbocycles. The summed E-state index contributed by atoms with van der Waals surface area (Å²) in [4.78, 5) is 25.1. The van der Waals surface area contributed by atoms with Crippen LogP contribution in [0.2, 0.25) is 0 Å². The molecule has 0 spiro atoms. The van der Waals surface area contributed by atoms with Crippen LogP contribution in [0.1, 0.15) is 16.8 Å². The van der Waals surface area contributed by atoms with Gasteiger partial charge in [-0.25, -0.2) is 15.0 Å². The van der Waals surface area contributed by atoms with E-state index in [4.69, 9.17) is 4.74 Å². The van der Waals surface area contributed by atoms with Crippen molar-refractivity contribution in [2.45, 2.75) is 13.0 Å². The first kappa shape index (κ1) is 21.0. The highest BCUT2D eigenvalue weighted by Crippen LogP contribution is 2.22. The Kier molecular flexibility index (Phi) is 6.72. The highest BCUT2D eigenvalue weighted by atomic mass is 16.5. The molecule has 0 fully saturated rings. The molecule has 2 heterocycles. The van der Waals surface area contributed by atoms with Crippen LogP contribution < -0.4 is 15.4 Å². The van der Waals surface area contributed by atoms with Crippen LogP contribution in [0.4, 0.5) is 11.6 Å². The van der Waals surface area contributed by atoms with E-state index in [1.54, 1.807) is 44.2 Å². The van der Waals surface area contributed by atoms with Gasteiger partial charge in [0.05, 0.1) is 13.4 Å². The van der Waals surface area contributed by atoms with E-state index in [0.29, 0.717) is 18.1 Å². The van der Waals surface area contributed by atoms with Crippen LogP contribution in [-0.2, 0) is 6.54 Å². The molecule has 4 rings (SSSR count). The Morgan fingerprint density at radius 1 is 1.00 bits per heavy atom. The Morgan fingerprint density at radius 2 is 1.75 bits per heavy atom. The van der Waals surface area contributed by atoms with Crippen molar-refractivity contribution in [1.82, 2.24) is 24.8 Å². The molecule has 162 valence electrons. The zero-order chi connectivity index (χ0) is 22.2. The highest BCUT2D eigenvalue weighted by molar-refractivity contribution is 5.94. The minimum Gasteiger partial charge on any atom is -0.497 e. The van der Waals surface area contributed by atoms with Gasteiger partial charge in [0.25, 0.3) is 5.91 Å². The molecule has 0 atom stereocenters. The maximum absolute atomic E-state index is 12.3. The molecule has 0 aliphatic carbocycles. The summed E-state index contributed by atoms with van der Waals surface area (Å²) in [6.45, 7) is 1.42. The van der Waals surface area contributed by atoms with Crippen molar-refractivity contribution in [3.63, 3.8) is 0 Å². The number of hydrogen-bond donors (Lipinski definition) is 2. The second kappa shape index (κ2) is 10.2. The van der Waals surface area contributed by atoms with E-state index >= 15 is 0 Å². The SMILES string of the molecule is COc1ccc(-c2cnc(Nc3ccc(C(=O)NCCCn4ccnc4)cc3)nc2)cc1. The minimum atomic E-state index is -0.0951. The minimum absolute atomic E-state index is 0.0951. The Bertz CT molecular complexity index is 1120. The van der Waals surface area contributed by atoms with Crippen LogP contribution in [0.15, 0.2) is 79.6 Å². The second-order valence-corrected chi connectivity index (χ2v) is 7.14. The maximum Gasteiger partial charge on any atom is 0.251 e. The highest BCUT2D eigenvalue weighted by Gasteiger charge is 2.06. The average Bonchev–Trinajstić information content (AvgIpc) is 3.36. The van der Waals surface area contributed by atoms with E-state index in [2.05, 4.69) is 25.6 Å². The van der Waals surface area contributed by atoms with E-state index in [1.807, 2.05) is 47.2 Å². The number of nitrogens with zero attached hydrogens (tertiary/aromatic N) is 4. The summed E-state index contributed by atoms with van der Waals surface area (Å²) in [5.74, 6) is 1.20. The lowest BCUT2D eigenvalue weighted by Gasteiger charge is -2.08. The molecule has 8 heteroatoms. The molecule has 0 saturated carbocycles. The third-order valence-corrected chi connectivity index (χ3v) is 4.92. The van der Waals surface area contributed by atoms with Crippen LogP contribution in [0, 0.1) is 0 Å². The number of carbonyl (C=O) groups is 1. The third kappa shape index (κ3) is 5.48. The van der Waals surface area contributed by atoms with Gasteiger partial charge in [0, 0.05) is 54.7 Å². The monoisotopic (exact) mass is 428 g/mol. The van der Waals surface area contributed by atoms with Gasteiger partial charge in [-0.2, -0.15) is 0 Å². The Hall–Kier alpha value is -4.20. The summed E-state index contributed by atoms with van der Waals surface area (Å²) >= 11 is 0. The molecule has 0 unspecified atom stereocenters. The molecule has 4 aromatic rings. The Labute approximate surface area is 186 Å². The molecule has 8 nitrogen and oxygen atoms in total. The number of ether oxygens (including phenoxy) is 1. The van der Waals surface area contributed by atoms with Gasteiger partial charge >= 0.3 is 0 Å². The molecular weight excluding hydrogens is 404 g/mol. The van der Waals surface area contributed by atoms with Gasteiger partial charge in [-0.1, -0.05) is 12.1 Å². The van der Waals surface area contributed by atoms with Crippen LogP contribution in [-0.4, -0.2) is 39.1 Å². The number of nitrogens with one attached hydrogen (secondary N) is 2.